The summed E-state index contributed by atoms with van der Waals surface area (Å²) in [6.45, 7) is 0. The number of carbonyl (C=O) groups excluding carboxylic acids is 2. The molecule has 1 aliphatic heterocycles. The molecule has 5 rings (SSSR count). The molecule has 2 bridgehead atoms. The van der Waals surface area contributed by atoms with E-state index in [9.17, 15) is 9.59 Å². The van der Waals surface area contributed by atoms with Crippen molar-refractivity contribution in [3.8, 4) is 6.07 Å². The summed E-state index contributed by atoms with van der Waals surface area (Å²) in [7, 11) is 0. The predicted octanol–water partition coefficient (Wildman–Crippen LogP) is 0.894. The number of nitriles is 1. The summed E-state index contributed by atoms with van der Waals surface area (Å²) < 4.78 is 4.78. The molecule has 4 aliphatic carbocycles. The van der Waals surface area contributed by atoms with Gasteiger partial charge in [-0.05, 0) is 30.1 Å². The van der Waals surface area contributed by atoms with E-state index >= 15 is 0 Å². The van der Waals surface area contributed by atoms with Crippen LogP contribution in [-0.2, 0) is 14.3 Å². The maximum atomic E-state index is 11.7. The zero-order valence-corrected chi connectivity index (χ0v) is 9.08. The highest BCUT2D eigenvalue weighted by Gasteiger charge is 2.65. The molecular formula is C13H11NO3. The van der Waals surface area contributed by atoms with E-state index in [1.54, 1.807) is 0 Å². The number of esters is 2. The second kappa shape index (κ2) is 2.79. The zero-order valence-electron chi connectivity index (χ0n) is 9.08. The molecule has 4 heteroatoms. The summed E-state index contributed by atoms with van der Waals surface area (Å²) in [4.78, 5) is 23.4. The van der Waals surface area contributed by atoms with Crippen molar-refractivity contribution in [2.24, 2.45) is 41.4 Å². The van der Waals surface area contributed by atoms with Crippen molar-refractivity contribution in [2.75, 3.05) is 0 Å². The quantitative estimate of drug-likeness (QED) is 0.351. The first-order chi connectivity index (χ1) is 8.22. The molecule has 0 spiro atoms. The molecule has 4 nitrogen and oxygen atoms in total. The van der Waals surface area contributed by atoms with E-state index in [1.807, 2.05) is 6.08 Å². The molecule has 5 aliphatic rings. The van der Waals surface area contributed by atoms with Crippen LogP contribution >= 0.6 is 0 Å². The average molecular weight is 229 g/mol. The normalized spacial score (nSPS) is 53.5. The van der Waals surface area contributed by atoms with Gasteiger partial charge < -0.3 is 4.74 Å². The van der Waals surface area contributed by atoms with E-state index in [1.165, 1.54) is 0 Å². The standard InChI is InChI=1S/C13H11NO3/c14-4-5-3-8-6-1-2-7(9(5)8)11-10(6)12(15)17-13(11)16/h1-2,5-11H,3H2. The largest absolute Gasteiger partial charge is 0.393 e. The van der Waals surface area contributed by atoms with Crippen molar-refractivity contribution in [3.63, 3.8) is 0 Å². The lowest BCUT2D eigenvalue weighted by Gasteiger charge is -2.57. The van der Waals surface area contributed by atoms with Crippen LogP contribution in [0.1, 0.15) is 6.42 Å². The molecule has 17 heavy (non-hydrogen) atoms. The fourth-order valence-corrected chi connectivity index (χ4v) is 4.41. The molecule has 86 valence electrons. The summed E-state index contributed by atoms with van der Waals surface area (Å²) in [6, 6.07) is 2.32. The Balaban J connectivity index is 1.79. The fraction of sp³-hybridized carbons (Fsp3) is 0.615. The summed E-state index contributed by atoms with van der Waals surface area (Å²) in [5.41, 5.74) is 0. The SMILES string of the molecule is N#CC1CC2C3C=CC(C4C(=O)OC(=O)C34)C12. The maximum absolute atomic E-state index is 11.7. The molecule has 0 aromatic carbocycles. The van der Waals surface area contributed by atoms with E-state index < -0.39 is 0 Å². The first kappa shape index (κ1) is 9.41. The molecular weight excluding hydrogens is 218 g/mol. The van der Waals surface area contributed by atoms with Gasteiger partial charge in [-0.15, -0.1) is 0 Å². The molecule has 7 atom stereocenters. The van der Waals surface area contributed by atoms with Gasteiger partial charge in [0.1, 0.15) is 0 Å². The number of rotatable bonds is 0. The Morgan fingerprint density at radius 2 is 1.82 bits per heavy atom. The van der Waals surface area contributed by atoms with Gasteiger partial charge >= 0.3 is 11.9 Å². The third-order valence-electron chi connectivity index (χ3n) is 5.11. The lowest BCUT2D eigenvalue weighted by Crippen LogP contribution is -2.57. The molecule has 0 aromatic rings. The Bertz CT molecular complexity index is 503. The summed E-state index contributed by atoms with van der Waals surface area (Å²) >= 11 is 0. The second-order valence-corrected chi connectivity index (χ2v) is 5.54. The van der Waals surface area contributed by atoms with Gasteiger partial charge in [0.25, 0.3) is 0 Å². The van der Waals surface area contributed by atoms with Crippen molar-refractivity contribution in [3.05, 3.63) is 12.2 Å². The Labute approximate surface area is 98.2 Å². The number of allylic oxidation sites excluding steroid dienone is 2. The second-order valence-electron chi connectivity index (χ2n) is 5.54. The topological polar surface area (TPSA) is 67.2 Å². The molecule has 1 saturated heterocycles. The van der Waals surface area contributed by atoms with Crippen LogP contribution in [0, 0.1) is 52.8 Å². The van der Waals surface area contributed by atoms with Crippen molar-refractivity contribution in [1.82, 2.24) is 0 Å². The minimum atomic E-state index is -0.374. The van der Waals surface area contributed by atoms with E-state index in [0.717, 1.165) is 6.42 Å². The summed E-state index contributed by atoms with van der Waals surface area (Å²) in [6.07, 6.45) is 4.98. The minimum Gasteiger partial charge on any atom is -0.393 e. The molecule has 0 radical (unpaired) electrons. The number of carbonyl (C=O) groups is 2. The van der Waals surface area contributed by atoms with Gasteiger partial charge in [-0.3, -0.25) is 9.59 Å². The molecule has 7 unspecified atom stereocenters. The highest BCUT2D eigenvalue weighted by atomic mass is 16.6. The van der Waals surface area contributed by atoms with E-state index in [2.05, 4.69) is 12.1 Å². The average Bonchev–Trinajstić information content (AvgIpc) is 2.57. The lowest BCUT2D eigenvalue weighted by molar-refractivity contribution is -0.154. The molecule has 0 amide bonds. The minimum absolute atomic E-state index is 0.0485. The Hall–Kier alpha value is -1.63. The third kappa shape index (κ3) is 0.902. The van der Waals surface area contributed by atoms with Crippen LogP contribution in [0.5, 0.6) is 0 Å². The van der Waals surface area contributed by atoms with Crippen LogP contribution in [-0.4, -0.2) is 11.9 Å². The van der Waals surface area contributed by atoms with E-state index in [0.29, 0.717) is 5.92 Å². The fourth-order valence-electron chi connectivity index (χ4n) is 4.41. The zero-order chi connectivity index (χ0) is 11.7. The summed E-state index contributed by atoms with van der Waals surface area (Å²) in [5, 5.41) is 9.05. The van der Waals surface area contributed by atoms with Gasteiger partial charge in [0.05, 0.1) is 23.8 Å². The number of cyclic esters (lactones) is 2. The first-order valence-corrected chi connectivity index (χ1v) is 6.06. The van der Waals surface area contributed by atoms with Gasteiger partial charge in [0.2, 0.25) is 0 Å². The highest BCUT2D eigenvalue weighted by Crippen LogP contribution is 2.63. The van der Waals surface area contributed by atoms with Crippen LogP contribution in [0.3, 0.4) is 0 Å². The van der Waals surface area contributed by atoms with Crippen LogP contribution in [0.15, 0.2) is 12.2 Å². The third-order valence-corrected chi connectivity index (χ3v) is 5.11. The molecule has 3 fully saturated rings. The van der Waals surface area contributed by atoms with Crippen molar-refractivity contribution < 1.29 is 14.3 Å². The summed E-state index contributed by atoms with van der Waals surface area (Å²) in [5.74, 6) is -0.384. The number of hydrogen-bond acceptors (Lipinski definition) is 4. The Morgan fingerprint density at radius 1 is 1.18 bits per heavy atom. The molecule has 0 N–H and O–H groups in total. The van der Waals surface area contributed by atoms with Gasteiger partial charge in [-0.1, -0.05) is 12.2 Å². The Kier molecular flexibility index (Phi) is 1.54. The van der Waals surface area contributed by atoms with Crippen LogP contribution < -0.4 is 0 Å². The molecule has 1 heterocycles. The predicted molar refractivity (Wildman–Crippen MR) is 54.9 cm³/mol. The lowest BCUT2D eigenvalue weighted by atomic mass is 9.44. The van der Waals surface area contributed by atoms with E-state index in [-0.39, 0.29) is 47.4 Å². The van der Waals surface area contributed by atoms with E-state index in [4.69, 9.17) is 10.00 Å². The number of ether oxygens (including phenoxy) is 1. The number of hydrogen-bond donors (Lipinski definition) is 0. The van der Waals surface area contributed by atoms with Crippen LogP contribution in [0.4, 0.5) is 0 Å². The van der Waals surface area contributed by atoms with Gasteiger partial charge in [0, 0.05) is 0 Å². The molecule has 0 aromatic heterocycles. The maximum Gasteiger partial charge on any atom is 0.318 e. The monoisotopic (exact) mass is 229 g/mol. The van der Waals surface area contributed by atoms with Crippen LogP contribution in [0.2, 0.25) is 0 Å². The van der Waals surface area contributed by atoms with Gasteiger partial charge in [-0.25, -0.2) is 0 Å². The smallest absolute Gasteiger partial charge is 0.318 e. The van der Waals surface area contributed by atoms with Gasteiger partial charge in [0.15, 0.2) is 0 Å². The van der Waals surface area contributed by atoms with Crippen molar-refractivity contribution >= 4 is 11.9 Å². The highest BCUT2D eigenvalue weighted by molar-refractivity contribution is 5.97. The number of nitrogens with zero attached hydrogens (tertiary/aromatic N) is 1. The van der Waals surface area contributed by atoms with Crippen LogP contribution in [0.25, 0.3) is 0 Å². The van der Waals surface area contributed by atoms with Gasteiger partial charge in [-0.2, -0.15) is 5.26 Å². The Morgan fingerprint density at radius 3 is 2.53 bits per heavy atom. The van der Waals surface area contributed by atoms with Crippen molar-refractivity contribution in [1.29, 1.82) is 5.26 Å². The molecule has 2 saturated carbocycles. The first-order valence-electron chi connectivity index (χ1n) is 6.06. The van der Waals surface area contributed by atoms with Crippen molar-refractivity contribution in [2.45, 2.75) is 6.42 Å².